The molecule has 0 fully saturated rings. The van der Waals surface area contributed by atoms with Gasteiger partial charge in [0.2, 0.25) is 5.91 Å². The SMILES string of the molecule is CC(C)C(C)NC(=O)C1Cc2ccccc2CN1S(=O)(=O)c1cccs1. The number of sulfonamides is 1. The minimum atomic E-state index is -3.72. The minimum absolute atomic E-state index is 0.0223. The van der Waals surface area contributed by atoms with Gasteiger partial charge < -0.3 is 5.32 Å². The second kappa shape index (κ2) is 7.50. The van der Waals surface area contributed by atoms with E-state index in [9.17, 15) is 13.2 Å². The second-order valence-electron chi connectivity index (χ2n) is 7.01. The van der Waals surface area contributed by atoms with Crippen LogP contribution in [0.1, 0.15) is 31.9 Å². The molecule has 0 saturated heterocycles. The molecule has 2 unspecified atom stereocenters. The molecule has 1 aliphatic heterocycles. The topological polar surface area (TPSA) is 66.5 Å². The molecule has 1 aliphatic rings. The number of hydrogen-bond donors (Lipinski definition) is 1. The lowest BCUT2D eigenvalue weighted by Crippen LogP contribution is -2.54. The Morgan fingerprint density at radius 3 is 2.46 bits per heavy atom. The monoisotopic (exact) mass is 392 g/mol. The van der Waals surface area contributed by atoms with E-state index in [-0.39, 0.29) is 28.6 Å². The lowest BCUT2D eigenvalue weighted by molar-refractivity contribution is -0.126. The van der Waals surface area contributed by atoms with Crippen LogP contribution in [0.4, 0.5) is 0 Å². The Morgan fingerprint density at radius 1 is 1.15 bits per heavy atom. The molecule has 1 N–H and O–H groups in total. The van der Waals surface area contributed by atoms with Gasteiger partial charge in [0, 0.05) is 12.6 Å². The molecule has 0 spiro atoms. The van der Waals surface area contributed by atoms with E-state index in [1.165, 1.54) is 15.6 Å². The van der Waals surface area contributed by atoms with Crippen molar-refractivity contribution in [2.45, 2.75) is 50.0 Å². The van der Waals surface area contributed by atoms with Gasteiger partial charge in [-0.15, -0.1) is 11.3 Å². The Morgan fingerprint density at radius 2 is 1.85 bits per heavy atom. The summed E-state index contributed by atoms with van der Waals surface area (Å²) in [6.07, 6.45) is 0.386. The normalized spacial score (nSPS) is 19.2. The highest BCUT2D eigenvalue weighted by Crippen LogP contribution is 2.31. The van der Waals surface area contributed by atoms with Crippen molar-refractivity contribution in [2.75, 3.05) is 0 Å². The van der Waals surface area contributed by atoms with E-state index in [1.54, 1.807) is 17.5 Å². The number of benzene rings is 1. The predicted octanol–water partition coefficient (Wildman–Crippen LogP) is 3.02. The van der Waals surface area contributed by atoms with Gasteiger partial charge in [-0.25, -0.2) is 8.42 Å². The number of carbonyl (C=O) groups is 1. The first kappa shape index (κ1) is 19.1. The summed E-state index contributed by atoms with van der Waals surface area (Å²) in [7, 11) is -3.72. The average Bonchev–Trinajstić information content (AvgIpc) is 3.15. The Kier molecular flexibility index (Phi) is 5.50. The van der Waals surface area contributed by atoms with Crippen LogP contribution in [-0.2, 0) is 27.8 Å². The molecule has 1 aromatic heterocycles. The van der Waals surface area contributed by atoms with Crippen LogP contribution in [0.25, 0.3) is 0 Å². The minimum Gasteiger partial charge on any atom is -0.352 e. The molecule has 1 aromatic carbocycles. The van der Waals surface area contributed by atoms with Crippen LogP contribution in [0.15, 0.2) is 46.0 Å². The first-order valence-electron chi connectivity index (χ1n) is 8.73. The largest absolute Gasteiger partial charge is 0.352 e. The van der Waals surface area contributed by atoms with E-state index in [4.69, 9.17) is 0 Å². The molecule has 1 amide bonds. The van der Waals surface area contributed by atoms with Gasteiger partial charge in [-0.05, 0) is 41.8 Å². The lowest BCUT2D eigenvalue weighted by atomic mass is 9.95. The van der Waals surface area contributed by atoms with Crippen LogP contribution < -0.4 is 5.32 Å². The van der Waals surface area contributed by atoms with Crippen molar-refractivity contribution in [3.05, 3.63) is 52.9 Å². The summed E-state index contributed by atoms with van der Waals surface area (Å²) >= 11 is 1.18. The van der Waals surface area contributed by atoms with Gasteiger partial charge in [-0.3, -0.25) is 4.79 Å². The molecule has 2 aromatic rings. The molecule has 0 saturated carbocycles. The number of fused-ring (bicyclic) bond motifs is 1. The molecule has 26 heavy (non-hydrogen) atoms. The highest BCUT2D eigenvalue weighted by molar-refractivity contribution is 7.91. The van der Waals surface area contributed by atoms with Crippen LogP contribution in [0.5, 0.6) is 0 Å². The summed E-state index contributed by atoms with van der Waals surface area (Å²) in [5.41, 5.74) is 1.98. The van der Waals surface area contributed by atoms with E-state index in [0.29, 0.717) is 6.42 Å². The number of rotatable bonds is 5. The zero-order valence-corrected chi connectivity index (χ0v) is 16.8. The summed E-state index contributed by atoms with van der Waals surface area (Å²) in [4.78, 5) is 12.9. The number of nitrogens with zero attached hydrogens (tertiary/aromatic N) is 1. The van der Waals surface area contributed by atoms with Crippen LogP contribution >= 0.6 is 11.3 Å². The fraction of sp³-hybridized carbons (Fsp3) is 0.421. The lowest BCUT2D eigenvalue weighted by Gasteiger charge is -2.35. The van der Waals surface area contributed by atoms with Crippen molar-refractivity contribution in [1.29, 1.82) is 0 Å². The van der Waals surface area contributed by atoms with Gasteiger partial charge in [-0.1, -0.05) is 44.2 Å². The maximum Gasteiger partial charge on any atom is 0.253 e. The number of hydrogen-bond acceptors (Lipinski definition) is 4. The quantitative estimate of drug-likeness (QED) is 0.851. The predicted molar refractivity (Wildman–Crippen MR) is 103 cm³/mol. The highest BCUT2D eigenvalue weighted by atomic mass is 32.2. The van der Waals surface area contributed by atoms with Crippen molar-refractivity contribution in [3.63, 3.8) is 0 Å². The van der Waals surface area contributed by atoms with E-state index in [2.05, 4.69) is 5.32 Å². The average molecular weight is 393 g/mol. The number of nitrogens with one attached hydrogen (secondary N) is 1. The van der Waals surface area contributed by atoms with Gasteiger partial charge >= 0.3 is 0 Å². The van der Waals surface area contributed by atoms with Crippen LogP contribution in [0, 0.1) is 5.92 Å². The van der Waals surface area contributed by atoms with Crippen molar-refractivity contribution >= 4 is 27.3 Å². The fourth-order valence-electron chi connectivity index (χ4n) is 2.99. The standard InChI is InChI=1S/C19H24N2O3S2/c1-13(2)14(3)20-19(22)17-11-15-7-4-5-8-16(15)12-21(17)26(23,24)18-9-6-10-25-18/h4-10,13-14,17H,11-12H2,1-3H3,(H,20,22). The van der Waals surface area contributed by atoms with Crippen molar-refractivity contribution < 1.29 is 13.2 Å². The van der Waals surface area contributed by atoms with Crippen LogP contribution in [-0.4, -0.2) is 30.7 Å². The maximum absolute atomic E-state index is 13.1. The zero-order chi connectivity index (χ0) is 18.9. The van der Waals surface area contributed by atoms with Gasteiger partial charge in [0.25, 0.3) is 10.0 Å². The Labute approximate surface area is 159 Å². The number of thiophene rings is 1. The molecule has 7 heteroatoms. The molecular weight excluding hydrogens is 368 g/mol. The molecule has 0 radical (unpaired) electrons. The summed E-state index contributed by atoms with van der Waals surface area (Å²) in [5.74, 6) is 0.0398. The molecule has 0 aliphatic carbocycles. The van der Waals surface area contributed by atoms with Crippen molar-refractivity contribution in [3.8, 4) is 0 Å². The Bertz CT molecular complexity index is 876. The van der Waals surface area contributed by atoms with E-state index in [0.717, 1.165) is 11.1 Å². The molecule has 2 atom stereocenters. The Hall–Kier alpha value is -1.70. The summed E-state index contributed by atoms with van der Waals surface area (Å²) in [5, 5.41) is 4.72. The number of amides is 1. The molecule has 5 nitrogen and oxygen atoms in total. The second-order valence-corrected chi connectivity index (χ2v) is 10.1. The zero-order valence-electron chi connectivity index (χ0n) is 15.2. The third kappa shape index (κ3) is 3.70. The third-order valence-electron chi connectivity index (χ3n) is 4.94. The summed E-state index contributed by atoms with van der Waals surface area (Å²) in [6.45, 7) is 6.21. The fourth-order valence-corrected chi connectivity index (χ4v) is 5.67. The van der Waals surface area contributed by atoms with Gasteiger partial charge in [0.05, 0.1) is 0 Å². The molecular formula is C19H24N2O3S2. The Balaban J connectivity index is 1.97. The van der Waals surface area contributed by atoms with E-state index < -0.39 is 16.1 Å². The van der Waals surface area contributed by atoms with Gasteiger partial charge in [-0.2, -0.15) is 4.31 Å². The maximum atomic E-state index is 13.1. The highest BCUT2D eigenvalue weighted by Gasteiger charge is 2.40. The van der Waals surface area contributed by atoms with Crippen LogP contribution in [0.2, 0.25) is 0 Å². The molecule has 3 rings (SSSR count). The van der Waals surface area contributed by atoms with Crippen molar-refractivity contribution in [1.82, 2.24) is 9.62 Å². The molecule has 140 valence electrons. The molecule has 0 bridgehead atoms. The number of carbonyl (C=O) groups excluding carboxylic acids is 1. The molecule has 2 heterocycles. The summed E-state index contributed by atoms with van der Waals surface area (Å²) in [6, 6.07) is 10.3. The third-order valence-corrected chi connectivity index (χ3v) is 8.16. The van der Waals surface area contributed by atoms with Gasteiger partial charge in [0.15, 0.2) is 0 Å². The van der Waals surface area contributed by atoms with Crippen molar-refractivity contribution in [2.24, 2.45) is 5.92 Å². The van der Waals surface area contributed by atoms with Crippen LogP contribution in [0.3, 0.4) is 0 Å². The van der Waals surface area contributed by atoms with E-state index in [1.807, 2.05) is 45.0 Å². The van der Waals surface area contributed by atoms with E-state index >= 15 is 0 Å². The van der Waals surface area contributed by atoms with Gasteiger partial charge in [0.1, 0.15) is 10.3 Å². The smallest absolute Gasteiger partial charge is 0.253 e. The first-order chi connectivity index (χ1) is 12.3. The summed E-state index contributed by atoms with van der Waals surface area (Å²) < 4.78 is 27.9. The first-order valence-corrected chi connectivity index (χ1v) is 11.0.